The largest absolute Gasteiger partial charge is 0.392 e. The van der Waals surface area contributed by atoms with Crippen LogP contribution in [0.15, 0.2) is 0 Å². The molecule has 2 atom stereocenters. The first-order valence-corrected chi connectivity index (χ1v) is 5.54. The Morgan fingerprint density at radius 2 is 1.82 bits per heavy atom. The lowest BCUT2D eigenvalue weighted by atomic mass is 10.5. The minimum absolute atomic E-state index is 0.676. The van der Waals surface area contributed by atoms with Crippen LogP contribution >= 0.6 is 23.5 Å². The van der Waals surface area contributed by atoms with Gasteiger partial charge in [0.1, 0.15) is 4.57 Å². The zero-order chi connectivity index (χ0) is 9.07. The average molecular weight is 247 g/mol. The number of aliphatic hydroxyl groups is 1. The minimum atomic E-state index is -3.16. The molecule has 11 heavy (non-hydrogen) atoms. The van der Waals surface area contributed by atoms with Gasteiger partial charge in [-0.2, -0.15) is 0 Å². The molecule has 0 heterocycles. The molecule has 6 heteroatoms. The van der Waals surface area contributed by atoms with Gasteiger partial charge in [0.2, 0.25) is 0 Å². The summed E-state index contributed by atoms with van der Waals surface area (Å²) < 4.78 is 20.0. The fraction of sp³-hybridized carbons (Fsp3) is 1.00. The lowest BCUT2D eigenvalue weighted by molar-refractivity contribution is 0.190. The number of hydrogen-bond donors (Lipinski definition) is 1. The Labute approximate surface area is 74.6 Å². The third-order valence-electron chi connectivity index (χ3n) is 1.21. The zero-order valence-corrected chi connectivity index (χ0v) is 9.13. The van der Waals surface area contributed by atoms with Gasteiger partial charge in [-0.3, -0.25) is 4.57 Å². The Bertz CT molecular complexity index is 153. The van der Waals surface area contributed by atoms with Gasteiger partial charge in [0.15, 0.2) is 0 Å². The second-order valence-corrected chi connectivity index (χ2v) is 6.08. The molecule has 0 aromatic carbocycles. The standard InChI is InChI=1S/C5H12BrO4P/c1-4(7)5(6)11(8,9-2)10-3/h4-5,7H,1-3H3/t4-,5-/m1/s1. The second kappa shape index (κ2) is 4.58. The van der Waals surface area contributed by atoms with Crippen molar-refractivity contribution in [3.8, 4) is 0 Å². The lowest BCUT2D eigenvalue weighted by Crippen LogP contribution is -2.17. The Hall–Kier alpha value is 0.590. The molecule has 0 unspecified atom stereocenters. The summed E-state index contributed by atoms with van der Waals surface area (Å²) in [6.07, 6.45) is -0.777. The van der Waals surface area contributed by atoms with Gasteiger partial charge < -0.3 is 14.2 Å². The maximum absolute atomic E-state index is 11.4. The number of hydrogen-bond acceptors (Lipinski definition) is 4. The predicted octanol–water partition coefficient (Wildman–Crippen LogP) is 1.57. The number of halogens is 1. The van der Waals surface area contributed by atoms with Gasteiger partial charge in [0.05, 0.1) is 6.10 Å². The van der Waals surface area contributed by atoms with Crippen LogP contribution in [0.25, 0.3) is 0 Å². The highest BCUT2D eigenvalue weighted by molar-refractivity contribution is 9.10. The van der Waals surface area contributed by atoms with Crippen molar-refractivity contribution in [1.82, 2.24) is 0 Å². The van der Waals surface area contributed by atoms with Gasteiger partial charge in [-0.25, -0.2) is 0 Å². The zero-order valence-electron chi connectivity index (χ0n) is 6.65. The highest BCUT2D eigenvalue weighted by Crippen LogP contribution is 2.55. The summed E-state index contributed by atoms with van der Waals surface area (Å²) in [6, 6.07) is 0. The van der Waals surface area contributed by atoms with E-state index < -0.39 is 18.3 Å². The molecule has 0 aromatic rings. The first-order valence-electron chi connectivity index (χ1n) is 3.01. The van der Waals surface area contributed by atoms with Crippen LogP contribution < -0.4 is 0 Å². The Kier molecular flexibility index (Phi) is 4.82. The molecule has 0 aromatic heterocycles. The van der Waals surface area contributed by atoms with Gasteiger partial charge >= 0.3 is 7.60 Å². The Balaban J connectivity index is 4.38. The van der Waals surface area contributed by atoms with Crippen molar-refractivity contribution in [2.75, 3.05) is 14.2 Å². The van der Waals surface area contributed by atoms with Gasteiger partial charge in [-0.1, -0.05) is 15.9 Å². The second-order valence-electron chi connectivity index (χ2n) is 2.02. The number of alkyl halides is 1. The molecule has 0 aliphatic rings. The molecule has 0 amide bonds. The molecule has 0 bridgehead atoms. The summed E-state index contributed by atoms with van der Waals surface area (Å²) in [6.45, 7) is 1.50. The van der Waals surface area contributed by atoms with Crippen LogP contribution in [0.1, 0.15) is 6.92 Å². The highest BCUT2D eigenvalue weighted by atomic mass is 79.9. The number of aliphatic hydroxyl groups excluding tert-OH is 1. The lowest BCUT2D eigenvalue weighted by Gasteiger charge is -2.20. The van der Waals surface area contributed by atoms with Gasteiger partial charge in [0, 0.05) is 14.2 Å². The van der Waals surface area contributed by atoms with E-state index in [1.807, 2.05) is 0 Å². The summed E-state index contributed by atoms with van der Waals surface area (Å²) in [5.74, 6) is 0. The smallest absolute Gasteiger partial charge is 0.346 e. The molecule has 0 aliphatic heterocycles. The molecule has 0 spiro atoms. The first-order chi connectivity index (χ1) is 4.98. The van der Waals surface area contributed by atoms with E-state index >= 15 is 0 Å². The summed E-state index contributed by atoms with van der Waals surface area (Å²) in [4.78, 5) is 0. The van der Waals surface area contributed by atoms with Crippen LogP contribution in [-0.4, -0.2) is 30.0 Å². The molecular formula is C5H12BrO4P. The van der Waals surface area contributed by atoms with Crippen molar-refractivity contribution < 1.29 is 18.7 Å². The van der Waals surface area contributed by atoms with E-state index in [-0.39, 0.29) is 0 Å². The van der Waals surface area contributed by atoms with E-state index in [1.54, 1.807) is 0 Å². The van der Waals surface area contributed by atoms with E-state index in [0.29, 0.717) is 0 Å². The van der Waals surface area contributed by atoms with Gasteiger partial charge in [-0.15, -0.1) is 0 Å². The van der Waals surface area contributed by atoms with Crippen molar-refractivity contribution >= 4 is 23.5 Å². The summed E-state index contributed by atoms with van der Waals surface area (Å²) in [5, 5.41) is 9.04. The van der Waals surface area contributed by atoms with Crippen LogP contribution in [0, 0.1) is 0 Å². The van der Waals surface area contributed by atoms with E-state index in [1.165, 1.54) is 21.1 Å². The fourth-order valence-electron chi connectivity index (χ4n) is 0.540. The quantitative estimate of drug-likeness (QED) is 0.605. The molecule has 0 radical (unpaired) electrons. The first kappa shape index (κ1) is 11.6. The Morgan fingerprint density at radius 3 is 1.91 bits per heavy atom. The fourth-order valence-corrected chi connectivity index (χ4v) is 2.62. The van der Waals surface area contributed by atoms with Gasteiger partial charge in [-0.05, 0) is 6.92 Å². The topological polar surface area (TPSA) is 55.8 Å². The molecule has 1 N–H and O–H groups in total. The van der Waals surface area contributed by atoms with Crippen molar-refractivity contribution in [3.63, 3.8) is 0 Å². The highest BCUT2D eigenvalue weighted by Gasteiger charge is 2.35. The van der Waals surface area contributed by atoms with Crippen LogP contribution in [0.3, 0.4) is 0 Å². The number of rotatable bonds is 4. The third kappa shape index (κ3) is 2.84. The predicted molar refractivity (Wildman–Crippen MR) is 46.0 cm³/mol. The third-order valence-corrected chi connectivity index (χ3v) is 5.53. The maximum Gasteiger partial charge on any atom is 0.346 e. The van der Waals surface area contributed by atoms with E-state index in [9.17, 15) is 4.57 Å². The van der Waals surface area contributed by atoms with Crippen molar-refractivity contribution in [3.05, 3.63) is 0 Å². The van der Waals surface area contributed by atoms with E-state index in [4.69, 9.17) is 5.11 Å². The normalized spacial score (nSPS) is 17.9. The molecule has 0 fully saturated rings. The molecule has 4 nitrogen and oxygen atoms in total. The molecule has 0 saturated carbocycles. The minimum Gasteiger partial charge on any atom is -0.392 e. The summed E-state index contributed by atoms with van der Waals surface area (Å²) in [5.41, 5.74) is 0. The van der Waals surface area contributed by atoms with E-state index in [0.717, 1.165) is 0 Å². The average Bonchev–Trinajstić information content (AvgIpc) is 2.01. The molecular weight excluding hydrogens is 235 g/mol. The van der Waals surface area contributed by atoms with Crippen LogP contribution in [0.4, 0.5) is 0 Å². The van der Waals surface area contributed by atoms with E-state index in [2.05, 4.69) is 25.0 Å². The molecule has 0 aliphatic carbocycles. The van der Waals surface area contributed by atoms with Crippen molar-refractivity contribution in [2.24, 2.45) is 0 Å². The maximum atomic E-state index is 11.4. The van der Waals surface area contributed by atoms with Crippen LogP contribution in [-0.2, 0) is 13.6 Å². The van der Waals surface area contributed by atoms with Crippen molar-refractivity contribution in [2.45, 2.75) is 17.6 Å². The van der Waals surface area contributed by atoms with Crippen LogP contribution in [0.2, 0.25) is 0 Å². The van der Waals surface area contributed by atoms with Crippen LogP contribution in [0.5, 0.6) is 0 Å². The summed E-state index contributed by atoms with van der Waals surface area (Å²) >= 11 is 3.02. The molecule has 68 valence electrons. The summed E-state index contributed by atoms with van der Waals surface area (Å²) in [7, 11) is -0.604. The monoisotopic (exact) mass is 246 g/mol. The molecule has 0 saturated heterocycles. The Morgan fingerprint density at radius 1 is 1.45 bits per heavy atom. The SMILES string of the molecule is COP(=O)(OC)[C@@H](Br)[C@@H](C)O. The van der Waals surface area contributed by atoms with Gasteiger partial charge in [0.25, 0.3) is 0 Å². The van der Waals surface area contributed by atoms with Crippen molar-refractivity contribution in [1.29, 1.82) is 0 Å². The molecule has 0 rings (SSSR count).